The van der Waals surface area contributed by atoms with E-state index < -0.39 is 23.0 Å². The third-order valence-electron chi connectivity index (χ3n) is 9.88. The molecule has 0 aliphatic heterocycles. The number of carbonyl (C=O) groups excluding carboxylic acids is 2. The van der Waals surface area contributed by atoms with Crippen LogP contribution in [0.5, 0.6) is 0 Å². The molecule has 3 N–H and O–H groups in total. The molecule has 35 heavy (non-hydrogen) atoms. The van der Waals surface area contributed by atoms with Gasteiger partial charge < -0.3 is 15.5 Å². The topological polar surface area (TPSA) is 99.5 Å². The number of anilines is 1. The molecule has 0 bridgehead atoms. The first-order chi connectivity index (χ1) is 16.7. The number of carbonyl (C=O) groups is 2. The first kappa shape index (κ1) is 22.6. The van der Waals surface area contributed by atoms with Gasteiger partial charge in [-0.1, -0.05) is 31.6 Å². The standard InChI is InChI=1S/C29H32N2O4/c1-27-11-9-20(32)15-18(27)5-7-21-22-10-12-29(35,28(22,2)16-24(33)25(21)27)26(34)31-19-6-8-23-17(14-19)4-3-13-30-23/h3-4,6,8-9,11,13-15,21-22,24-25,33,35H,5,7,10,12,16H2,1-2H3,(H,31,34)/t21?,22?,24?,25?,27?,28?,29-/m0/s1. The molecule has 1 heterocycles. The van der Waals surface area contributed by atoms with Crippen molar-refractivity contribution < 1.29 is 19.8 Å². The van der Waals surface area contributed by atoms with E-state index in [2.05, 4.69) is 17.2 Å². The van der Waals surface area contributed by atoms with Crippen LogP contribution in [0.2, 0.25) is 0 Å². The van der Waals surface area contributed by atoms with Crippen LogP contribution in [0.1, 0.15) is 46.0 Å². The molecular weight excluding hydrogens is 440 g/mol. The summed E-state index contributed by atoms with van der Waals surface area (Å²) in [6.45, 7) is 4.12. The number of hydrogen-bond donors (Lipinski definition) is 3. The fourth-order valence-electron chi connectivity index (χ4n) is 8.09. The Hall–Kier alpha value is -2.83. The second-order valence-corrected chi connectivity index (χ2v) is 11.5. The zero-order valence-electron chi connectivity index (χ0n) is 20.2. The molecule has 1 aromatic heterocycles. The molecule has 3 fully saturated rings. The van der Waals surface area contributed by atoms with Gasteiger partial charge in [0.05, 0.1) is 11.6 Å². The Labute approximate surface area is 205 Å². The number of ketones is 1. The highest BCUT2D eigenvalue weighted by atomic mass is 16.3. The van der Waals surface area contributed by atoms with Gasteiger partial charge in [0.25, 0.3) is 5.91 Å². The van der Waals surface area contributed by atoms with E-state index in [1.54, 1.807) is 18.3 Å². The van der Waals surface area contributed by atoms with Crippen molar-refractivity contribution in [3.8, 4) is 0 Å². The van der Waals surface area contributed by atoms with Crippen molar-refractivity contribution in [2.24, 2.45) is 28.6 Å². The molecule has 7 atom stereocenters. The fraction of sp³-hybridized carbons (Fsp3) is 0.483. The van der Waals surface area contributed by atoms with Gasteiger partial charge in [-0.2, -0.15) is 0 Å². The summed E-state index contributed by atoms with van der Waals surface area (Å²) in [5, 5.41) is 27.3. The number of nitrogens with zero attached hydrogens (tertiary/aromatic N) is 1. The molecule has 4 aliphatic rings. The Kier molecular flexibility index (Phi) is 4.90. The summed E-state index contributed by atoms with van der Waals surface area (Å²) < 4.78 is 0. The van der Waals surface area contributed by atoms with Gasteiger partial charge in [0.15, 0.2) is 5.78 Å². The predicted octanol–water partition coefficient (Wildman–Crippen LogP) is 4.18. The number of pyridine rings is 1. The summed E-state index contributed by atoms with van der Waals surface area (Å²) in [6.07, 6.45) is 9.56. The molecule has 1 aromatic carbocycles. The van der Waals surface area contributed by atoms with Crippen LogP contribution >= 0.6 is 0 Å². The molecule has 0 saturated heterocycles. The van der Waals surface area contributed by atoms with E-state index in [9.17, 15) is 19.8 Å². The van der Waals surface area contributed by atoms with E-state index in [0.717, 1.165) is 35.7 Å². The largest absolute Gasteiger partial charge is 0.393 e. The third kappa shape index (κ3) is 3.12. The minimum atomic E-state index is -1.57. The van der Waals surface area contributed by atoms with Gasteiger partial charge in [0, 0.05) is 34.0 Å². The number of fused-ring (bicyclic) bond motifs is 6. The highest BCUT2D eigenvalue weighted by Crippen LogP contribution is 2.67. The van der Waals surface area contributed by atoms with E-state index in [0.29, 0.717) is 18.5 Å². The molecule has 1 amide bonds. The van der Waals surface area contributed by atoms with Gasteiger partial charge >= 0.3 is 0 Å². The van der Waals surface area contributed by atoms with Crippen molar-refractivity contribution in [2.75, 3.05) is 5.32 Å². The molecule has 3 saturated carbocycles. The van der Waals surface area contributed by atoms with Crippen LogP contribution in [0.25, 0.3) is 10.9 Å². The van der Waals surface area contributed by atoms with Crippen molar-refractivity contribution in [1.29, 1.82) is 0 Å². The van der Waals surface area contributed by atoms with Crippen molar-refractivity contribution in [3.05, 3.63) is 60.3 Å². The van der Waals surface area contributed by atoms with Gasteiger partial charge in [-0.05, 0) is 80.4 Å². The number of amides is 1. The summed E-state index contributed by atoms with van der Waals surface area (Å²) in [5.74, 6) is -0.109. The van der Waals surface area contributed by atoms with Crippen LogP contribution in [-0.4, -0.2) is 38.6 Å². The zero-order chi connectivity index (χ0) is 24.6. The lowest BCUT2D eigenvalue weighted by atomic mass is 9.46. The lowest BCUT2D eigenvalue weighted by Crippen LogP contribution is -2.62. The van der Waals surface area contributed by atoms with Crippen LogP contribution < -0.4 is 5.32 Å². The Balaban J connectivity index is 1.30. The van der Waals surface area contributed by atoms with E-state index in [1.807, 2.05) is 43.3 Å². The number of aliphatic hydroxyl groups is 2. The Morgan fingerprint density at radius 3 is 2.86 bits per heavy atom. The van der Waals surface area contributed by atoms with Crippen LogP contribution in [0.3, 0.4) is 0 Å². The molecule has 6 rings (SSSR count). The predicted molar refractivity (Wildman–Crippen MR) is 133 cm³/mol. The third-order valence-corrected chi connectivity index (χ3v) is 9.88. The molecule has 2 aromatic rings. The molecule has 0 spiro atoms. The minimum Gasteiger partial charge on any atom is -0.393 e. The average molecular weight is 473 g/mol. The Morgan fingerprint density at radius 2 is 2.03 bits per heavy atom. The zero-order valence-corrected chi connectivity index (χ0v) is 20.2. The molecule has 4 aliphatic carbocycles. The van der Waals surface area contributed by atoms with E-state index >= 15 is 0 Å². The van der Waals surface area contributed by atoms with Crippen LogP contribution in [0.15, 0.2) is 60.3 Å². The second kappa shape index (κ2) is 7.58. The van der Waals surface area contributed by atoms with E-state index in [1.165, 1.54) is 0 Å². The number of allylic oxidation sites excluding steroid dienone is 4. The maximum atomic E-state index is 13.6. The lowest BCUT2D eigenvalue weighted by Gasteiger charge is -2.59. The normalized spacial score (nSPS) is 40.0. The summed E-state index contributed by atoms with van der Waals surface area (Å²) >= 11 is 0. The monoisotopic (exact) mass is 472 g/mol. The molecule has 6 nitrogen and oxygen atoms in total. The van der Waals surface area contributed by atoms with Crippen molar-refractivity contribution in [1.82, 2.24) is 4.98 Å². The Bertz CT molecular complexity index is 1300. The molecule has 6 unspecified atom stereocenters. The van der Waals surface area contributed by atoms with Gasteiger partial charge in [-0.15, -0.1) is 0 Å². The van der Waals surface area contributed by atoms with Gasteiger partial charge in [0.2, 0.25) is 0 Å². The van der Waals surface area contributed by atoms with E-state index in [4.69, 9.17) is 0 Å². The highest BCUT2D eigenvalue weighted by Gasteiger charge is 2.68. The summed E-state index contributed by atoms with van der Waals surface area (Å²) in [4.78, 5) is 29.9. The van der Waals surface area contributed by atoms with Gasteiger partial charge in [0.1, 0.15) is 5.60 Å². The molecular formula is C29H32N2O4. The van der Waals surface area contributed by atoms with Crippen molar-refractivity contribution >= 4 is 28.3 Å². The first-order valence-corrected chi connectivity index (χ1v) is 12.7. The van der Waals surface area contributed by atoms with Crippen LogP contribution in [0, 0.1) is 28.6 Å². The number of rotatable bonds is 2. The summed E-state index contributed by atoms with van der Waals surface area (Å²) in [5.41, 5.74) is -0.0890. The average Bonchev–Trinajstić information content (AvgIpc) is 3.10. The van der Waals surface area contributed by atoms with Crippen molar-refractivity contribution in [3.63, 3.8) is 0 Å². The number of benzene rings is 1. The van der Waals surface area contributed by atoms with Crippen LogP contribution in [-0.2, 0) is 9.59 Å². The number of aliphatic hydroxyl groups excluding tert-OH is 1. The maximum absolute atomic E-state index is 13.6. The second-order valence-electron chi connectivity index (χ2n) is 11.5. The number of hydrogen-bond acceptors (Lipinski definition) is 5. The van der Waals surface area contributed by atoms with Gasteiger partial charge in [-0.25, -0.2) is 0 Å². The van der Waals surface area contributed by atoms with Crippen molar-refractivity contribution in [2.45, 2.75) is 57.7 Å². The van der Waals surface area contributed by atoms with Crippen LogP contribution in [0.4, 0.5) is 5.69 Å². The fourth-order valence-corrected chi connectivity index (χ4v) is 8.09. The molecule has 0 radical (unpaired) electrons. The molecule has 182 valence electrons. The summed E-state index contributed by atoms with van der Waals surface area (Å²) in [7, 11) is 0. The number of nitrogens with one attached hydrogen (secondary N) is 1. The Morgan fingerprint density at radius 1 is 1.20 bits per heavy atom. The van der Waals surface area contributed by atoms with E-state index in [-0.39, 0.29) is 29.0 Å². The SMILES string of the molecule is CC12C=CC(=O)C=C1CCC1C2C(O)CC2(C)C1CC[C@]2(O)C(=O)Nc1ccc2ncccc2c1. The smallest absolute Gasteiger partial charge is 0.256 e. The number of aromatic nitrogens is 1. The summed E-state index contributed by atoms with van der Waals surface area (Å²) in [6, 6.07) is 9.34. The maximum Gasteiger partial charge on any atom is 0.256 e. The van der Waals surface area contributed by atoms with Gasteiger partial charge in [-0.3, -0.25) is 14.6 Å². The minimum absolute atomic E-state index is 0.0162. The quantitative estimate of drug-likeness (QED) is 0.609. The highest BCUT2D eigenvalue weighted by molar-refractivity contribution is 6.01. The lowest BCUT2D eigenvalue weighted by molar-refractivity contribution is -0.174. The first-order valence-electron chi connectivity index (χ1n) is 12.7. The molecule has 6 heteroatoms.